The Hall–Kier alpha value is -3.03. The molecular formula is C20H18F3N3O3S. The number of hydrogen-bond donors (Lipinski definition) is 3. The van der Waals surface area contributed by atoms with Gasteiger partial charge in [-0.3, -0.25) is 9.59 Å². The molecule has 0 saturated heterocycles. The third kappa shape index (κ3) is 6.23. The van der Waals surface area contributed by atoms with Crippen LogP contribution in [0.1, 0.15) is 19.4 Å². The van der Waals surface area contributed by atoms with Crippen molar-refractivity contribution in [1.29, 1.82) is 0 Å². The fourth-order valence-corrected chi connectivity index (χ4v) is 3.24. The first-order chi connectivity index (χ1) is 13.9. The SMILES string of the molecule is [C-]#[N+]c1ccc(NC(=O)C(C)(O)CSc2ccc(NC(C)=O)cc2)cc1C(F)(F)F. The van der Waals surface area contributed by atoms with Crippen LogP contribution in [0.5, 0.6) is 0 Å². The summed E-state index contributed by atoms with van der Waals surface area (Å²) < 4.78 is 39.2. The Balaban J connectivity index is 2.05. The Bertz CT molecular complexity index is 984. The zero-order chi connectivity index (χ0) is 22.5. The molecule has 0 fully saturated rings. The predicted octanol–water partition coefficient (Wildman–Crippen LogP) is 4.70. The number of hydrogen-bond acceptors (Lipinski definition) is 4. The molecule has 2 aromatic rings. The van der Waals surface area contributed by atoms with Crippen molar-refractivity contribution < 1.29 is 27.9 Å². The lowest BCUT2D eigenvalue weighted by Crippen LogP contribution is -2.42. The van der Waals surface area contributed by atoms with E-state index in [4.69, 9.17) is 6.57 Å². The van der Waals surface area contributed by atoms with E-state index >= 15 is 0 Å². The molecule has 2 amide bonds. The number of nitrogens with zero attached hydrogens (tertiary/aromatic N) is 1. The van der Waals surface area contributed by atoms with E-state index in [1.54, 1.807) is 24.3 Å². The van der Waals surface area contributed by atoms with E-state index in [-0.39, 0.29) is 17.3 Å². The molecule has 0 aromatic heterocycles. The quantitative estimate of drug-likeness (QED) is 0.452. The lowest BCUT2D eigenvalue weighted by molar-refractivity contribution is -0.137. The number of halogens is 3. The van der Waals surface area contributed by atoms with E-state index in [9.17, 15) is 27.9 Å². The summed E-state index contributed by atoms with van der Waals surface area (Å²) in [7, 11) is 0. The van der Waals surface area contributed by atoms with Crippen LogP contribution in [0.4, 0.5) is 30.2 Å². The van der Waals surface area contributed by atoms with Crippen molar-refractivity contribution in [1.82, 2.24) is 0 Å². The van der Waals surface area contributed by atoms with Crippen molar-refractivity contribution >= 4 is 40.6 Å². The number of carbonyl (C=O) groups excluding carboxylic acids is 2. The number of aliphatic hydroxyl groups is 1. The van der Waals surface area contributed by atoms with Crippen molar-refractivity contribution in [3.05, 3.63) is 59.4 Å². The van der Waals surface area contributed by atoms with E-state index in [0.717, 1.165) is 22.7 Å². The molecule has 3 N–H and O–H groups in total. The number of benzene rings is 2. The van der Waals surface area contributed by atoms with Crippen molar-refractivity contribution in [2.24, 2.45) is 0 Å². The number of carbonyl (C=O) groups is 2. The van der Waals surface area contributed by atoms with Gasteiger partial charge in [0.2, 0.25) is 5.91 Å². The van der Waals surface area contributed by atoms with Crippen molar-refractivity contribution in [3.63, 3.8) is 0 Å². The average molecular weight is 437 g/mol. The number of rotatable bonds is 6. The van der Waals surface area contributed by atoms with Crippen molar-refractivity contribution in [2.45, 2.75) is 30.5 Å². The van der Waals surface area contributed by atoms with Gasteiger partial charge in [-0.15, -0.1) is 11.8 Å². The number of nitrogens with one attached hydrogen (secondary N) is 2. The molecule has 6 nitrogen and oxygen atoms in total. The van der Waals surface area contributed by atoms with E-state index in [1.165, 1.54) is 19.9 Å². The second-order valence-corrected chi connectivity index (χ2v) is 7.61. The molecule has 30 heavy (non-hydrogen) atoms. The number of alkyl halides is 3. The molecule has 0 saturated carbocycles. The Labute approximate surface area is 175 Å². The highest BCUT2D eigenvalue weighted by Crippen LogP contribution is 2.38. The molecule has 0 aliphatic carbocycles. The second-order valence-electron chi connectivity index (χ2n) is 6.56. The first-order valence-electron chi connectivity index (χ1n) is 8.55. The van der Waals surface area contributed by atoms with Crippen LogP contribution in [0.25, 0.3) is 4.85 Å². The molecule has 0 aliphatic rings. The molecule has 10 heteroatoms. The van der Waals surface area contributed by atoms with Gasteiger partial charge in [-0.1, -0.05) is 6.07 Å². The Morgan fingerprint density at radius 3 is 2.23 bits per heavy atom. The lowest BCUT2D eigenvalue weighted by atomic mass is 10.1. The Morgan fingerprint density at radius 1 is 1.10 bits per heavy atom. The highest BCUT2D eigenvalue weighted by Gasteiger charge is 2.35. The maximum absolute atomic E-state index is 13.1. The minimum Gasteiger partial charge on any atom is -0.379 e. The predicted molar refractivity (Wildman–Crippen MR) is 108 cm³/mol. The fourth-order valence-electron chi connectivity index (χ4n) is 2.33. The summed E-state index contributed by atoms with van der Waals surface area (Å²) in [5.41, 5.74) is -3.20. The van der Waals surface area contributed by atoms with Crippen LogP contribution in [0, 0.1) is 6.57 Å². The van der Waals surface area contributed by atoms with Gasteiger partial charge in [0, 0.05) is 28.9 Å². The molecule has 0 bridgehead atoms. The molecule has 0 aliphatic heterocycles. The fraction of sp³-hybridized carbons (Fsp3) is 0.250. The molecule has 158 valence electrons. The van der Waals surface area contributed by atoms with E-state index < -0.39 is 28.9 Å². The molecule has 2 rings (SSSR count). The topological polar surface area (TPSA) is 82.8 Å². The van der Waals surface area contributed by atoms with Crippen LogP contribution < -0.4 is 10.6 Å². The van der Waals surface area contributed by atoms with Gasteiger partial charge < -0.3 is 15.7 Å². The smallest absolute Gasteiger partial charge is 0.379 e. The maximum atomic E-state index is 13.1. The number of anilines is 2. The van der Waals surface area contributed by atoms with Gasteiger partial charge in [0.05, 0.1) is 12.1 Å². The van der Waals surface area contributed by atoms with Gasteiger partial charge in [0.1, 0.15) is 5.60 Å². The Kier molecular flexibility index (Phi) is 7.12. The molecular weight excluding hydrogens is 419 g/mol. The van der Waals surface area contributed by atoms with Crippen LogP contribution in [0.2, 0.25) is 0 Å². The van der Waals surface area contributed by atoms with Crippen LogP contribution in [0.15, 0.2) is 47.4 Å². The summed E-state index contributed by atoms with van der Waals surface area (Å²) in [6.45, 7) is 9.46. The number of amides is 2. The summed E-state index contributed by atoms with van der Waals surface area (Å²) in [6.07, 6.45) is -4.75. The summed E-state index contributed by atoms with van der Waals surface area (Å²) in [5, 5.41) is 15.3. The molecule has 0 heterocycles. The maximum Gasteiger partial charge on any atom is 0.407 e. The van der Waals surface area contributed by atoms with Crippen molar-refractivity contribution in [2.75, 3.05) is 16.4 Å². The molecule has 1 atom stereocenters. The summed E-state index contributed by atoms with van der Waals surface area (Å²) >= 11 is 1.16. The zero-order valence-electron chi connectivity index (χ0n) is 16.0. The summed E-state index contributed by atoms with van der Waals surface area (Å²) in [4.78, 5) is 27.0. The van der Waals surface area contributed by atoms with Gasteiger partial charge in [-0.05, 0) is 43.3 Å². The minimum absolute atomic E-state index is 0.0649. The monoisotopic (exact) mass is 437 g/mol. The summed E-state index contributed by atoms with van der Waals surface area (Å²) in [5.74, 6) is -1.16. The van der Waals surface area contributed by atoms with Gasteiger partial charge in [-0.2, -0.15) is 13.2 Å². The highest BCUT2D eigenvalue weighted by molar-refractivity contribution is 7.99. The average Bonchev–Trinajstić information content (AvgIpc) is 2.66. The minimum atomic E-state index is -4.75. The first-order valence-corrected chi connectivity index (χ1v) is 9.54. The lowest BCUT2D eigenvalue weighted by Gasteiger charge is -2.22. The highest BCUT2D eigenvalue weighted by atomic mass is 32.2. The molecule has 0 radical (unpaired) electrons. The van der Waals surface area contributed by atoms with Crippen LogP contribution in [-0.2, 0) is 15.8 Å². The Morgan fingerprint density at radius 2 is 1.70 bits per heavy atom. The molecule has 2 aromatic carbocycles. The van der Waals surface area contributed by atoms with Crippen molar-refractivity contribution in [3.8, 4) is 0 Å². The normalized spacial score (nSPS) is 13.1. The van der Waals surface area contributed by atoms with Gasteiger partial charge in [0.25, 0.3) is 5.91 Å². The number of thioether (sulfide) groups is 1. The van der Waals surface area contributed by atoms with E-state index in [1.807, 2.05) is 0 Å². The second kappa shape index (κ2) is 9.19. The first kappa shape index (κ1) is 23.3. The largest absolute Gasteiger partial charge is 0.407 e. The van der Waals surface area contributed by atoms with Crippen LogP contribution in [0.3, 0.4) is 0 Å². The van der Waals surface area contributed by atoms with Crippen LogP contribution in [-0.4, -0.2) is 28.3 Å². The van der Waals surface area contributed by atoms with Crippen LogP contribution >= 0.6 is 11.8 Å². The van der Waals surface area contributed by atoms with E-state index in [2.05, 4.69) is 15.5 Å². The van der Waals surface area contributed by atoms with Gasteiger partial charge in [-0.25, -0.2) is 4.85 Å². The van der Waals surface area contributed by atoms with E-state index in [0.29, 0.717) is 11.8 Å². The third-order valence-corrected chi connectivity index (χ3v) is 5.18. The van der Waals surface area contributed by atoms with Gasteiger partial charge >= 0.3 is 6.18 Å². The third-order valence-electron chi connectivity index (χ3n) is 3.86. The molecule has 1 unspecified atom stereocenters. The standard InChI is InChI=1S/C20H18F3N3O3S/c1-12(27)25-13-4-7-15(8-5-13)30-11-19(2,29)18(28)26-14-6-9-17(24-3)16(10-14)20(21,22)23/h4-10,29H,11H2,1-2H3,(H,25,27)(H,26,28). The molecule has 0 spiro atoms. The van der Waals surface area contributed by atoms with Gasteiger partial charge in [0.15, 0.2) is 5.69 Å². The zero-order valence-corrected chi connectivity index (χ0v) is 16.8. The summed E-state index contributed by atoms with van der Waals surface area (Å²) in [6, 6.07) is 9.52.